The zero-order chi connectivity index (χ0) is 18.3. The highest BCUT2D eigenvalue weighted by Gasteiger charge is 2.55. The molecule has 26 heavy (non-hydrogen) atoms. The molecule has 2 N–H and O–H groups in total. The van der Waals surface area contributed by atoms with E-state index in [1.54, 1.807) is 9.58 Å². The van der Waals surface area contributed by atoms with Gasteiger partial charge in [-0.2, -0.15) is 5.10 Å². The third kappa shape index (κ3) is 2.91. The first-order chi connectivity index (χ1) is 12.5. The van der Waals surface area contributed by atoms with Gasteiger partial charge >= 0.3 is 12.0 Å². The number of carbonyl (C=O) groups is 2. The Balaban J connectivity index is 1.37. The first-order valence-corrected chi connectivity index (χ1v) is 9.50. The van der Waals surface area contributed by atoms with Crippen molar-refractivity contribution in [2.75, 3.05) is 31.1 Å². The van der Waals surface area contributed by atoms with Crippen molar-refractivity contribution in [3.63, 3.8) is 0 Å². The van der Waals surface area contributed by atoms with Gasteiger partial charge in [0.15, 0.2) is 0 Å². The Hall–Kier alpha value is -2.25. The van der Waals surface area contributed by atoms with Crippen molar-refractivity contribution >= 4 is 17.7 Å². The van der Waals surface area contributed by atoms with Crippen LogP contribution in [0.2, 0.25) is 0 Å². The first kappa shape index (κ1) is 17.2. The van der Waals surface area contributed by atoms with Crippen LogP contribution in [-0.4, -0.2) is 64.0 Å². The molecule has 2 amide bonds. The van der Waals surface area contributed by atoms with E-state index in [2.05, 4.69) is 15.3 Å². The number of rotatable bonds is 3. The minimum absolute atomic E-state index is 0.0812. The molecule has 3 atom stereocenters. The minimum atomic E-state index is -0.740. The van der Waals surface area contributed by atoms with Gasteiger partial charge in [0.2, 0.25) is 0 Å². The highest BCUT2D eigenvalue weighted by molar-refractivity contribution is 5.80. The molecular weight excluding hydrogens is 334 g/mol. The molecule has 4 rings (SSSR count). The second-order valence-corrected chi connectivity index (χ2v) is 8.04. The van der Waals surface area contributed by atoms with Gasteiger partial charge in [0.05, 0.1) is 17.3 Å². The van der Waals surface area contributed by atoms with E-state index >= 15 is 0 Å². The summed E-state index contributed by atoms with van der Waals surface area (Å²) in [5.74, 6) is -0.639. The van der Waals surface area contributed by atoms with Crippen LogP contribution in [0.3, 0.4) is 0 Å². The molecule has 3 heterocycles. The number of carbonyl (C=O) groups excluding carboxylic acids is 1. The smallest absolute Gasteiger partial charge is 0.317 e. The maximum atomic E-state index is 12.7. The molecule has 1 aromatic rings. The number of fused-ring (bicyclic) bond motifs is 1. The number of amides is 2. The van der Waals surface area contributed by atoms with Crippen molar-refractivity contribution in [1.82, 2.24) is 20.0 Å². The van der Waals surface area contributed by atoms with Gasteiger partial charge in [-0.1, -0.05) is 6.42 Å². The Morgan fingerprint density at radius 2 is 2.15 bits per heavy atom. The summed E-state index contributed by atoms with van der Waals surface area (Å²) in [6.07, 6.45) is 8.36. The van der Waals surface area contributed by atoms with Crippen LogP contribution in [0.25, 0.3) is 0 Å². The number of likely N-dealkylation sites (tertiary alicyclic amines) is 1. The summed E-state index contributed by atoms with van der Waals surface area (Å²) in [5.41, 5.74) is 0.359. The maximum absolute atomic E-state index is 12.7. The lowest BCUT2D eigenvalue weighted by Crippen LogP contribution is -2.51. The third-order valence-electron chi connectivity index (χ3n) is 6.39. The monoisotopic (exact) mass is 361 g/mol. The lowest BCUT2D eigenvalue weighted by molar-refractivity contribution is -0.149. The summed E-state index contributed by atoms with van der Waals surface area (Å²) in [4.78, 5) is 28.5. The summed E-state index contributed by atoms with van der Waals surface area (Å²) in [7, 11) is 1.90. The van der Waals surface area contributed by atoms with E-state index in [0.29, 0.717) is 19.5 Å². The average Bonchev–Trinajstić information content (AvgIpc) is 3.28. The van der Waals surface area contributed by atoms with Crippen molar-refractivity contribution in [3.05, 3.63) is 12.4 Å². The van der Waals surface area contributed by atoms with Crippen LogP contribution < -0.4 is 10.2 Å². The van der Waals surface area contributed by atoms with Gasteiger partial charge in [-0.3, -0.25) is 9.48 Å². The lowest BCUT2D eigenvalue weighted by atomic mass is 9.81. The molecule has 0 bridgehead atoms. The summed E-state index contributed by atoms with van der Waals surface area (Å²) < 4.78 is 1.78. The second kappa shape index (κ2) is 6.48. The number of hydrogen-bond donors (Lipinski definition) is 2. The Morgan fingerprint density at radius 1 is 1.31 bits per heavy atom. The predicted octanol–water partition coefficient (Wildman–Crippen LogP) is 1.29. The normalized spacial score (nSPS) is 31.1. The van der Waals surface area contributed by atoms with Crippen molar-refractivity contribution < 1.29 is 14.7 Å². The zero-order valence-electron chi connectivity index (χ0n) is 15.2. The van der Waals surface area contributed by atoms with E-state index in [1.165, 1.54) is 0 Å². The molecule has 142 valence electrons. The predicted molar refractivity (Wildman–Crippen MR) is 96.0 cm³/mol. The average molecular weight is 361 g/mol. The number of nitrogens with zero attached hydrogens (tertiary/aromatic N) is 4. The number of piperidine rings is 1. The van der Waals surface area contributed by atoms with Crippen LogP contribution in [0.4, 0.5) is 10.5 Å². The SMILES string of the molecule is Cn1cc(N2CCCC(NC(=O)N3C[C@@H]4CCC[C@@]4(C(=O)O)C3)C2)cn1. The molecule has 3 fully saturated rings. The van der Waals surface area contributed by atoms with Crippen molar-refractivity contribution in [1.29, 1.82) is 0 Å². The number of aryl methyl sites for hydroxylation is 1. The molecule has 8 heteroatoms. The molecule has 0 radical (unpaired) electrons. The number of hydrogen-bond acceptors (Lipinski definition) is 4. The summed E-state index contributed by atoms with van der Waals surface area (Å²) >= 11 is 0. The molecule has 2 saturated heterocycles. The van der Waals surface area contributed by atoms with E-state index in [-0.39, 0.29) is 18.0 Å². The minimum Gasteiger partial charge on any atom is -0.481 e. The zero-order valence-corrected chi connectivity index (χ0v) is 15.2. The molecule has 8 nitrogen and oxygen atoms in total. The fourth-order valence-corrected chi connectivity index (χ4v) is 4.96. The summed E-state index contributed by atoms with van der Waals surface area (Å²) in [6.45, 7) is 2.64. The Bertz CT molecular complexity index is 705. The van der Waals surface area contributed by atoms with E-state index in [0.717, 1.165) is 44.5 Å². The van der Waals surface area contributed by atoms with Crippen LogP contribution in [0.1, 0.15) is 32.1 Å². The third-order valence-corrected chi connectivity index (χ3v) is 6.39. The molecule has 1 unspecified atom stereocenters. The standard InChI is InChI=1S/C18H27N5O3/c1-21-11-15(8-19-21)22-7-3-5-14(10-22)20-17(26)23-9-13-4-2-6-18(13,12-23)16(24)25/h8,11,13-14H,2-7,9-10,12H2,1H3,(H,20,26)(H,24,25)/t13-,14?,18+/m0/s1. The van der Waals surface area contributed by atoms with Gasteiger partial charge in [0, 0.05) is 45.5 Å². The molecular formula is C18H27N5O3. The molecule has 0 spiro atoms. The van der Waals surface area contributed by atoms with Crippen LogP contribution >= 0.6 is 0 Å². The van der Waals surface area contributed by atoms with Crippen molar-refractivity contribution in [3.8, 4) is 0 Å². The number of urea groups is 1. The lowest BCUT2D eigenvalue weighted by Gasteiger charge is -2.34. The van der Waals surface area contributed by atoms with Gasteiger partial charge in [-0.15, -0.1) is 0 Å². The quantitative estimate of drug-likeness (QED) is 0.846. The number of carboxylic acids is 1. The fraction of sp³-hybridized carbons (Fsp3) is 0.722. The Morgan fingerprint density at radius 3 is 2.85 bits per heavy atom. The van der Waals surface area contributed by atoms with Crippen LogP contribution in [0, 0.1) is 11.3 Å². The summed E-state index contributed by atoms with van der Waals surface area (Å²) in [5, 5.41) is 17.0. The second-order valence-electron chi connectivity index (χ2n) is 8.04. The highest BCUT2D eigenvalue weighted by atomic mass is 16.4. The maximum Gasteiger partial charge on any atom is 0.317 e. The van der Waals surface area contributed by atoms with Crippen LogP contribution in [-0.2, 0) is 11.8 Å². The number of anilines is 1. The molecule has 0 aromatic carbocycles. The Kier molecular flexibility index (Phi) is 4.28. The van der Waals surface area contributed by atoms with Crippen molar-refractivity contribution in [2.45, 2.75) is 38.1 Å². The van der Waals surface area contributed by atoms with Crippen LogP contribution in [0.5, 0.6) is 0 Å². The number of aliphatic carboxylic acids is 1. The topological polar surface area (TPSA) is 90.7 Å². The largest absolute Gasteiger partial charge is 0.481 e. The molecule has 1 saturated carbocycles. The van der Waals surface area contributed by atoms with Gasteiger partial charge < -0.3 is 20.2 Å². The highest BCUT2D eigenvalue weighted by Crippen LogP contribution is 2.48. The first-order valence-electron chi connectivity index (χ1n) is 9.50. The van der Waals surface area contributed by atoms with E-state index in [9.17, 15) is 14.7 Å². The number of nitrogens with one attached hydrogen (secondary N) is 1. The molecule has 1 aliphatic carbocycles. The van der Waals surface area contributed by atoms with Gasteiger partial charge in [-0.25, -0.2) is 4.79 Å². The van der Waals surface area contributed by atoms with Gasteiger partial charge in [-0.05, 0) is 31.6 Å². The Labute approximate surface area is 153 Å². The van der Waals surface area contributed by atoms with Gasteiger partial charge in [0.25, 0.3) is 0 Å². The van der Waals surface area contributed by atoms with Crippen molar-refractivity contribution in [2.24, 2.45) is 18.4 Å². The van der Waals surface area contributed by atoms with E-state index in [1.807, 2.05) is 19.4 Å². The molecule has 1 aromatic heterocycles. The summed E-state index contributed by atoms with van der Waals surface area (Å²) in [6, 6.07) is -0.0317. The van der Waals surface area contributed by atoms with Gasteiger partial charge in [0.1, 0.15) is 0 Å². The number of aromatic nitrogens is 2. The number of carboxylic acid groups (broad SMARTS) is 1. The fourth-order valence-electron chi connectivity index (χ4n) is 4.96. The van der Waals surface area contributed by atoms with Crippen LogP contribution in [0.15, 0.2) is 12.4 Å². The molecule has 3 aliphatic rings. The van der Waals surface area contributed by atoms with E-state index in [4.69, 9.17) is 0 Å². The molecule has 2 aliphatic heterocycles. The van der Waals surface area contributed by atoms with E-state index < -0.39 is 11.4 Å².